The molecule has 1 aliphatic rings. The minimum absolute atomic E-state index is 0.663. The minimum atomic E-state index is 0.663. The van der Waals surface area contributed by atoms with Crippen LogP contribution in [-0.4, -0.2) is 20.4 Å². The number of fused-ring (bicyclic) bond motifs is 1. The first-order valence-corrected chi connectivity index (χ1v) is 7.22. The third kappa shape index (κ3) is 2.42. The molecule has 18 heavy (non-hydrogen) atoms. The molecule has 0 spiro atoms. The molecule has 0 aromatic carbocycles. The minimum Gasteiger partial charge on any atom is -0.308 e. The maximum Gasteiger partial charge on any atom is 0.155 e. The predicted octanol–water partition coefficient (Wildman–Crippen LogP) is 2.77. The van der Waals surface area contributed by atoms with Crippen molar-refractivity contribution in [2.24, 2.45) is 5.92 Å². The zero-order valence-corrected chi connectivity index (χ0v) is 12.0. The van der Waals surface area contributed by atoms with E-state index in [0.717, 1.165) is 22.7 Å². The molecule has 0 aliphatic heterocycles. The molecule has 3 rings (SSSR count). The average Bonchev–Trinajstić information content (AvgIpc) is 2.93. The third-order valence-electron chi connectivity index (χ3n) is 3.71. The Labute approximate surface area is 115 Å². The quantitative estimate of drug-likeness (QED) is 0.948. The van der Waals surface area contributed by atoms with Crippen molar-refractivity contribution in [3.63, 3.8) is 0 Å². The second kappa shape index (κ2) is 4.97. The van der Waals surface area contributed by atoms with E-state index in [0.29, 0.717) is 6.04 Å². The van der Waals surface area contributed by atoms with Gasteiger partial charge in [-0.05, 0) is 41.1 Å². The van der Waals surface area contributed by atoms with Gasteiger partial charge >= 0.3 is 0 Å². The second-order valence-corrected chi connectivity index (χ2v) is 6.00. The molecule has 1 aliphatic carbocycles. The van der Waals surface area contributed by atoms with Gasteiger partial charge in [0, 0.05) is 18.8 Å². The maximum atomic E-state index is 4.36. The lowest BCUT2D eigenvalue weighted by Crippen LogP contribution is -2.26. The van der Waals surface area contributed by atoms with Crippen LogP contribution in [0.1, 0.15) is 31.9 Å². The summed E-state index contributed by atoms with van der Waals surface area (Å²) in [5, 5.41) is 3.63. The van der Waals surface area contributed by atoms with Gasteiger partial charge < -0.3 is 5.32 Å². The summed E-state index contributed by atoms with van der Waals surface area (Å²) in [5.41, 5.74) is 2.09. The summed E-state index contributed by atoms with van der Waals surface area (Å²) in [5.74, 6) is 0.864. The van der Waals surface area contributed by atoms with Crippen LogP contribution in [0, 0.1) is 5.92 Å². The first kappa shape index (κ1) is 12.1. The normalized spacial score (nSPS) is 23.9. The Bertz CT molecular complexity index is 551. The Morgan fingerprint density at radius 3 is 3.06 bits per heavy atom. The molecule has 1 saturated carbocycles. The second-order valence-electron chi connectivity index (χ2n) is 5.18. The fourth-order valence-electron chi connectivity index (χ4n) is 2.69. The van der Waals surface area contributed by atoms with Gasteiger partial charge in [-0.25, -0.2) is 9.97 Å². The van der Waals surface area contributed by atoms with Crippen LogP contribution < -0.4 is 5.32 Å². The van der Waals surface area contributed by atoms with Crippen LogP contribution in [0.15, 0.2) is 23.2 Å². The van der Waals surface area contributed by atoms with Gasteiger partial charge in [0.1, 0.15) is 4.60 Å². The van der Waals surface area contributed by atoms with Crippen molar-refractivity contribution in [2.45, 2.75) is 38.8 Å². The van der Waals surface area contributed by atoms with E-state index in [2.05, 4.69) is 42.5 Å². The molecule has 0 bridgehead atoms. The van der Waals surface area contributed by atoms with E-state index in [1.54, 1.807) is 6.20 Å². The van der Waals surface area contributed by atoms with Crippen molar-refractivity contribution in [2.75, 3.05) is 0 Å². The number of hydrogen-bond acceptors (Lipinski definition) is 3. The molecular formula is C13H17BrN4. The summed E-state index contributed by atoms with van der Waals surface area (Å²) < 4.78 is 2.92. The summed E-state index contributed by atoms with van der Waals surface area (Å²) in [6, 6.07) is 0.663. The van der Waals surface area contributed by atoms with Crippen molar-refractivity contribution in [1.82, 2.24) is 19.7 Å². The zero-order valence-electron chi connectivity index (χ0n) is 10.4. The summed E-state index contributed by atoms with van der Waals surface area (Å²) in [7, 11) is 0. The van der Waals surface area contributed by atoms with Gasteiger partial charge in [0.15, 0.2) is 5.65 Å². The van der Waals surface area contributed by atoms with Gasteiger partial charge in [0.05, 0.1) is 18.1 Å². The van der Waals surface area contributed by atoms with Gasteiger partial charge in [-0.2, -0.15) is 0 Å². The summed E-state index contributed by atoms with van der Waals surface area (Å²) in [6.07, 6.45) is 9.61. The molecule has 2 aromatic rings. The zero-order chi connectivity index (χ0) is 12.5. The summed E-state index contributed by atoms with van der Waals surface area (Å²) in [4.78, 5) is 8.54. The van der Waals surface area contributed by atoms with Gasteiger partial charge in [0.2, 0.25) is 0 Å². The number of rotatable bonds is 3. The van der Waals surface area contributed by atoms with E-state index in [1.165, 1.54) is 25.0 Å². The first-order valence-electron chi connectivity index (χ1n) is 6.43. The van der Waals surface area contributed by atoms with E-state index in [4.69, 9.17) is 0 Å². The highest BCUT2D eigenvalue weighted by atomic mass is 79.9. The smallest absolute Gasteiger partial charge is 0.155 e. The molecule has 0 amide bonds. The van der Waals surface area contributed by atoms with Crippen molar-refractivity contribution >= 4 is 21.6 Å². The maximum absolute atomic E-state index is 4.36. The standard InChI is InChI=1S/C13H17BrN4/c1-9-2-3-10(4-9)15-5-11-6-17-13-7-16-12(14)8-18(11)13/h6-10,15H,2-5H2,1H3. The Balaban J connectivity index is 1.72. The van der Waals surface area contributed by atoms with Gasteiger partial charge in [-0.1, -0.05) is 6.92 Å². The van der Waals surface area contributed by atoms with Crippen molar-refractivity contribution in [3.05, 3.63) is 28.9 Å². The lowest BCUT2D eigenvalue weighted by Gasteiger charge is -2.11. The molecule has 1 fully saturated rings. The van der Waals surface area contributed by atoms with Crippen molar-refractivity contribution < 1.29 is 0 Å². The van der Waals surface area contributed by atoms with Crippen LogP contribution in [0.2, 0.25) is 0 Å². The SMILES string of the molecule is CC1CCC(NCc2cnc3cnc(Br)cn23)C1. The number of nitrogens with one attached hydrogen (secondary N) is 1. The predicted molar refractivity (Wildman–Crippen MR) is 74.3 cm³/mol. The van der Waals surface area contributed by atoms with Crippen LogP contribution in [0.25, 0.3) is 5.65 Å². The molecule has 2 atom stereocenters. The highest BCUT2D eigenvalue weighted by Crippen LogP contribution is 2.24. The molecule has 2 unspecified atom stereocenters. The molecule has 0 saturated heterocycles. The Hall–Kier alpha value is -0.940. The van der Waals surface area contributed by atoms with Crippen LogP contribution in [0.4, 0.5) is 0 Å². The number of nitrogens with zero attached hydrogens (tertiary/aromatic N) is 3. The Morgan fingerprint density at radius 1 is 1.39 bits per heavy atom. The summed E-state index contributed by atoms with van der Waals surface area (Å²) in [6.45, 7) is 3.20. The van der Waals surface area contributed by atoms with E-state index in [1.807, 2.05) is 12.4 Å². The van der Waals surface area contributed by atoms with E-state index >= 15 is 0 Å². The van der Waals surface area contributed by atoms with Crippen molar-refractivity contribution in [3.8, 4) is 0 Å². The first-order chi connectivity index (χ1) is 8.72. The molecule has 2 aromatic heterocycles. The van der Waals surface area contributed by atoms with E-state index in [-0.39, 0.29) is 0 Å². The highest BCUT2D eigenvalue weighted by molar-refractivity contribution is 9.10. The lowest BCUT2D eigenvalue weighted by molar-refractivity contribution is 0.497. The number of aromatic nitrogens is 3. The van der Waals surface area contributed by atoms with Crippen LogP contribution >= 0.6 is 15.9 Å². The van der Waals surface area contributed by atoms with E-state index in [9.17, 15) is 0 Å². The summed E-state index contributed by atoms with van der Waals surface area (Å²) >= 11 is 3.40. The largest absolute Gasteiger partial charge is 0.308 e. The monoisotopic (exact) mass is 308 g/mol. The van der Waals surface area contributed by atoms with Crippen molar-refractivity contribution in [1.29, 1.82) is 0 Å². The van der Waals surface area contributed by atoms with E-state index < -0.39 is 0 Å². The molecule has 2 heterocycles. The molecule has 96 valence electrons. The average molecular weight is 309 g/mol. The number of imidazole rings is 1. The fourth-order valence-corrected chi connectivity index (χ4v) is 3.00. The number of hydrogen-bond donors (Lipinski definition) is 1. The molecule has 1 N–H and O–H groups in total. The highest BCUT2D eigenvalue weighted by Gasteiger charge is 2.20. The lowest BCUT2D eigenvalue weighted by atomic mass is 10.1. The number of halogens is 1. The van der Waals surface area contributed by atoms with Crippen LogP contribution in [0.5, 0.6) is 0 Å². The Kier molecular flexibility index (Phi) is 3.35. The van der Waals surface area contributed by atoms with Gasteiger partial charge in [0.25, 0.3) is 0 Å². The van der Waals surface area contributed by atoms with Crippen LogP contribution in [0.3, 0.4) is 0 Å². The molecule has 5 heteroatoms. The molecule has 4 nitrogen and oxygen atoms in total. The Morgan fingerprint density at radius 2 is 2.28 bits per heavy atom. The van der Waals surface area contributed by atoms with Gasteiger partial charge in [-0.3, -0.25) is 4.40 Å². The third-order valence-corrected chi connectivity index (χ3v) is 4.12. The fraction of sp³-hybridized carbons (Fsp3) is 0.538. The topological polar surface area (TPSA) is 42.2 Å². The molecular weight excluding hydrogens is 292 g/mol. The van der Waals surface area contributed by atoms with Gasteiger partial charge in [-0.15, -0.1) is 0 Å². The van der Waals surface area contributed by atoms with Crippen LogP contribution in [-0.2, 0) is 6.54 Å². The molecule has 0 radical (unpaired) electrons.